The van der Waals surface area contributed by atoms with Crippen molar-refractivity contribution >= 4 is 10.0 Å². The van der Waals surface area contributed by atoms with Crippen LogP contribution in [0.25, 0.3) is 0 Å². The number of nitrogens with one attached hydrogen (secondary N) is 1. The summed E-state index contributed by atoms with van der Waals surface area (Å²) in [5.41, 5.74) is 0.297. The van der Waals surface area contributed by atoms with Crippen molar-refractivity contribution in [1.82, 2.24) is 4.72 Å². The zero-order valence-corrected chi connectivity index (χ0v) is 11.0. The highest BCUT2D eigenvalue weighted by Crippen LogP contribution is 2.15. The van der Waals surface area contributed by atoms with Crippen LogP contribution in [0.1, 0.15) is 5.56 Å². The van der Waals surface area contributed by atoms with Crippen molar-refractivity contribution in [2.45, 2.75) is 11.4 Å². The molecule has 0 atom stereocenters. The van der Waals surface area contributed by atoms with Crippen LogP contribution in [0.4, 0.5) is 8.78 Å². The molecule has 2 N–H and O–H groups in total. The van der Waals surface area contributed by atoms with Gasteiger partial charge in [-0.3, -0.25) is 0 Å². The molecule has 0 amide bonds. The molecular formula is C13H11F2NO3S. The molecule has 0 fully saturated rings. The molecule has 0 saturated carbocycles. The van der Waals surface area contributed by atoms with Crippen LogP contribution in [-0.2, 0) is 16.6 Å². The molecule has 0 unspecified atom stereocenters. The Morgan fingerprint density at radius 1 is 1.00 bits per heavy atom. The summed E-state index contributed by atoms with van der Waals surface area (Å²) in [5, 5.41) is 9.09. The van der Waals surface area contributed by atoms with Crippen molar-refractivity contribution in [2.24, 2.45) is 0 Å². The second-order valence-corrected chi connectivity index (χ2v) is 5.83. The number of benzene rings is 2. The fourth-order valence-electron chi connectivity index (χ4n) is 1.54. The first-order valence-electron chi connectivity index (χ1n) is 5.61. The minimum absolute atomic E-state index is 0.0297. The number of hydrogen-bond acceptors (Lipinski definition) is 3. The molecule has 0 aromatic heterocycles. The Hall–Kier alpha value is -1.99. The lowest BCUT2D eigenvalue weighted by molar-refractivity contribution is 0.474. The third kappa shape index (κ3) is 3.31. The van der Waals surface area contributed by atoms with Gasteiger partial charge in [-0.1, -0.05) is 6.07 Å². The number of aromatic hydroxyl groups is 1. The standard InChI is InChI=1S/C13H11F2NO3S/c14-12-6-1-9(7-13(12)15)8-16-20(18,19)11-4-2-10(17)3-5-11/h1-7,16-17H,8H2. The molecule has 0 bridgehead atoms. The van der Waals surface area contributed by atoms with E-state index in [2.05, 4.69) is 4.72 Å². The summed E-state index contributed by atoms with van der Waals surface area (Å²) in [6.45, 7) is -0.166. The van der Waals surface area contributed by atoms with Gasteiger partial charge in [-0.25, -0.2) is 21.9 Å². The average Bonchev–Trinajstić information content (AvgIpc) is 2.41. The highest BCUT2D eigenvalue weighted by atomic mass is 32.2. The van der Waals surface area contributed by atoms with Gasteiger partial charge in [0.25, 0.3) is 0 Å². The Bertz CT molecular complexity index is 715. The second kappa shape index (κ2) is 5.56. The number of hydrogen-bond donors (Lipinski definition) is 2. The van der Waals surface area contributed by atoms with E-state index < -0.39 is 21.7 Å². The molecule has 4 nitrogen and oxygen atoms in total. The number of phenols is 1. The lowest BCUT2D eigenvalue weighted by atomic mass is 10.2. The van der Waals surface area contributed by atoms with Crippen molar-refractivity contribution in [3.8, 4) is 5.75 Å². The SMILES string of the molecule is O=S(=O)(NCc1ccc(F)c(F)c1)c1ccc(O)cc1. The maximum atomic E-state index is 13.0. The summed E-state index contributed by atoms with van der Waals surface area (Å²) in [4.78, 5) is -0.0297. The van der Waals surface area contributed by atoms with Crippen molar-refractivity contribution in [3.63, 3.8) is 0 Å². The highest BCUT2D eigenvalue weighted by molar-refractivity contribution is 7.89. The van der Waals surface area contributed by atoms with Crippen LogP contribution >= 0.6 is 0 Å². The van der Waals surface area contributed by atoms with Gasteiger partial charge in [0.1, 0.15) is 5.75 Å². The molecule has 20 heavy (non-hydrogen) atoms. The van der Waals surface area contributed by atoms with E-state index in [1.54, 1.807) is 0 Å². The molecule has 0 aliphatic carbocycles. The van der Waals surface area contributed by atoms with Gasteiger partial charge in [-0.2, -0.15) is 0 Å². The first-order chi connectivity index (χ1) is 9.38. The summed E-state index contributed by atoms with van der Waals surface area (Å²) in [6, 6.07) is 8.11. The van der Waals surface area contributed by atoms with Crippen molar-refractivity contribution in [2.75, 3.05) is 0 Å². The van der Waals surface area contributed by atoms with Gasteiger partial charge in [-0.15, -0.1) is 0 Å². The van der Waals surface area contributed by atoms with Crippen molar-refractivity contribution in [3.05, 3.63) is 59.7 Å². The van der Waals surface area contributed by atoms with E-state index in [0.717, 1.165) is 12.1 Å². The Labute approximate surface area is 114 Å². The van der Waals surface area contributed by atoms with E-state index in [1.165, 1.54) is 30.3 Å². The first-order valence-corrected chi connectivity index (χ1v) is 7.09. The highest BCUT2D eigenvalue weighted by Gasteiger charge is 2.14. The van der Waals surface area contributed by atoms with E-state index >= 15 is 0 Å². The number of halogens is 2. The normalized spacial score (nSPS) is 11.5. The topological polar surface area (TPSA) is 66.4 Å². The summed E-state index contributed by atoms with van der Waals surface area (Å²) in [6.07, 6.45) is 0. The third-order valence-electron chi connectivity index (χ3n) is 2.60. The van der Waals surface area contributed by atoms with E-state index in [-0.39, 0.29) is 17.2 Å². The molecule has 2 aromatic carbocycles. The fourth-order valence-corrected chi connectivity index (χ4v) is 2.55. The lowest BCUT2D eigenvalue weighted by Gasteiger charge is -2.07. The van der Waals surface area contributed by atoms with Gasteiger partial charge in [0.2, 0.25) is 10.0 Å². The summed E-state index contributed by atoms with van der Waals surface area (Å²) in [7, 11) is -3.78. The molecule has 7 heteroatoms. The lowest BCUT2D eigenvalue weighted by Crippen LogP contribution is -2.23. The van der Waals surface area contributed by atoms with Crippen molar-refractivity contribution < 1.29 is 22.3 Å². The predicted octanol–water partition coefficient (Wildman–Crippen LogP) is 2.15. The van der Waals surface area contributed by atoms with Crippen molar-refractivity contribution in [1.29, 1.82) is 0 Å². The largest absolute Gasteiger partial charge is 0.508 e. The number of sulfonamides is 1. The molecule has 0 heterocycles. The van der Waals surface area contributed by atoms with Crippen LogP contribution < -0.4 is 4.72 Å². The average molecular weight is 299 g/mol. The molecule has 106 valence electrons. The van der Waals surface area contributed by atoms with Gasteiger partial charge in [0, 0.05) is 6.54 Å². The Balaban J connectivity index is 2.13. The molecule has 2 rings (SSSR count). The number of rotatable bonds is 4. The Morgan fingerprint density at radius 3 is 2.25 bits per heavy atom. The summed E-state index contributed by atoms with van der Waals surface area (Å²) >= 11 is 0. The van der Waals surface area contributed by atoms with Crippen LogP contribution in [0.2, 0.25) is 0 Å². The fraction of sp³-hybridized carbons (Fsp3) is 0.0769. The van der Waals surface area contributed by atoms with Gasteiger partial charge in [0.05, 0.1) is 4.90 Å². The number of phenolic OH excluding ortho intramolecular Hbond substituents is 1. The monoisotopic (exact) mass is 299 g/mol. The quantitative estimate of drug-likeness (QED) is 0.909. The third-order valence-corrected chi connectivity index (χ3v) is 4.01. The molecule has 2 aromatic rings. The minimum Gasteiger partial charge on any atom is -0.508 e. The maximum absolute atomic E-state index is 13.0. The van der Waals surface area contributed by atoms with Gasteiger partial charge < -0.3 is 5.11 Å². The van der Waals surface area contributed by atoms with Crippen LogP contribution in [0.5, 0.6) is 5.75 Å². The van der Waals surface area contributed by atoms with E-state index in [0.29, 0.717) is 5.56 Å². The van der Waals surface area contributed by atoms with Gasteiger partial charge in [0.15, 0.2) is 11.6 Å². The molecule has 0 aliphatic rings. The molecule has 0 saturated heterocycles. The molecule has 0 aliphatic heterocycles. The van der Waals surface area contributed by atoms with Crippen LogP contribution in [0.3, 0.4) is 0 Å². The van der Waals surface area contributed by atoms with E-state index in [9.17, 15) is 17.2 Å². The van der Waals surface area contributed by atoms with Gasteiger partial charge in [-0.05, 0) is 42.0 Å². The first kappa shape index (κ1) is 14.4. The van der Waals surface area contributed by atoms with Crippen LogP contribution in [0, 0.1) is 11.6 Å². The predicted molar refractivity (Wildman–Crippen MR) is 68.5 cm³/mol. The molecule has 0 spiro atoms. The van der Waals surface area contributed by atoms with Gasteiger partial charge >= 0.3 is 0 Å². The smallest absolute Gasteiger partial charge is 0.240 e. The summed E-state index contributed by atoms with van der Waals surface area (Å²) < 4.78 is 51.8. The maximum Gasteiger partial charge on any atom is 0.240 e. The molecular weight excluding hydrogens is 288 g/mol. The second-order valence-electron chi connectivity index (χ2n) is 4.07. The Kier molecular flexibility index (Phi) is 4.01. The van der Waals surface area contributed by atoms with E-state index in [1.807, 2.05) is 0 Å². The summed E-state index contributed by atoms with van der Waals surface area (Å²) in [5.74, 6) is -2.08. The van der Waals surface area contributed by atoms with Crippen LogP contribution in [0.15, 0.2) is 47.4 Å². The molecule has 0 radical (unpaired) electrons. The van der Waals surface area contributed by atoms with E-state index in [4.69, 9.17) is 5.11 Å². The zero-order chi connectivity index (χ0) is 14.8. The zero-order valence-electron chi connectivity index (χ0n) is 10.2. The Morgan fingerprint density at radius 2 is 1.65 bits per heavy atom. The van der Waals surface area contributed by atoms with Crippen LogP contribution in [-0.4, -0.2) is 13.5 Å². The minimum atomic E-state index is -3.78.